The lowest BCUT2D eigenvalue weighted by Crippen LogP contribution is -2.62. The summed E-state index contributed by atoms with van der Waals surface area (Å²) in [5, 5.41) is 82.3. The second-order valence-corrected chi connectivity index (χ2v) is 23.1. The number of carboxylic acid groups (broad SMARTS) is 2. The first kappa shape index (κ1) is 77.1. The number of phenols is 2. The largest absolute Gasteiger partial charge is 0.508 e. The Kier molecular flexibility index (Phi) is 33.2. The predicted molar refractivity (Wildman–Crippen MR) is 332 cm³/mol. The van der Waals surface area contributed by atoms with E-state index in [4.69, 9.17) is 17.2 Å². The van der Waals surface area contributed by atoms with E-state index in [1.165, 1.54) is 43.3 Å². The lowest BCUT2D eigenvalue weighted by molar-refractivity contribution is -0.143. The molecule has 506 valence electrons. The van der Waals surface area contributed by atoms with Crippen LogP contribution < -0.4 is 65.1 Å². The molecular formula is C59H91N13O18S. The number of rotatable bonds is 40. The molecule has 0 radical (unpaired) electrons. The molecule has 1 heterocycles. The van der Waals surface area contributed by atoms with Crippen LogP contribution >= 0.6 is 12.6 Å². The van der Waals surface area contributed by atoms with Gasteiger partial charge in [0.05, 0.1) is 18.8 Å². The highest BCUT2D eigenvalue weighted by Crippen LogP contribution is 2.20. The van der Waals surface area contributed by atoms with E-state index in [0.717, 1.165) is 11.8 Å². The molecule has 1 aliphatic heterocycles. The molecule has 21 N–H and O–H groups in total. The molecule has 3 rings (SSSR count). The number of unbranched alkanes of at least 4 members (excludes halogenated alkanes) is 2. The molecule has 1 aliphatic rings. The predicted octanol–water partition coefficient (Wildman–Crippen LogP) is -3.86. The number of nitrogens with one attached hydrogen (secondary N) is 9. The summed E-state index contributed by atoms with van der Waals surface area (Å²) in [6.07, 6.45) is -1.88. The number of aromatic hydroxyl groups is 2. The van der Waals surface area contributed by atoms with Crippen molar-refractivity contribution >= 4 is 83.6 Å². The number of benzene rings is 2. The van der Waals surface area contributed by atoms with Gasteiger partial charge < -0.3 is 101 Å². The molecule has 2 aromatic rings. The van der Waals surface area contributed by atoms with E-state index in [9.17, 15) is 88.2 Å². The van der Waals surface area contributed by atoms with E-state index >= 15 is 0 Å². The summed E-state index contributed by atoms with van der Waals surface area (Å²) in [4.78, 5) is 164. The van der Waals surface area contributed by atoms with Crippen LogP contribution in [0, 0.1) is 5.92 Å². The van der Waals surface area contributed by atoms with Crippen molar-refractivity contribution in [3.05, 3.63) is 59.7 Å². The highest BCUT2D eigenvalue weighted by atomic mass is 32.1. The third kappa shape index (κ3) is 26.3. The minimum atomic E-state index is -1.80. The third-order valence-corrected chi connectivity index (χ3v) is 15.1. The number of nitrogens with two attached hydrogens (primary N) is 3. The highest BCUT2D eigenvalue weighted by molar-refractivity contribution is 7.80. The standard InChI is InChI=1S/C59H91N13O18S/c1-31(2)26-42(67-49(79)38(62)27-34-13-17-36(75)18-14-34)54(84)71-48(33(4)74)57(87)66-41(21-22-47(77)78)52(82)65-39(10-5-7-23-60)50(80)64-40(11-6-8-24-61)51(81)68-43(28-35-15-19-37(76)20-16-35)53(83)69-44(29-73)58(88)72-25-9-12-46(72)56(86)70-45(30-91)55(85)63-32(3)59(89)90/h13-20,31-33,38-46,48,73-76,91H,5-12,21-30,60-62H2,1-4H3,(H,63,85)(H,64,80)(H,65,82)(H,66,87)(H,67,79)(H,68,81)(H,69,83)(H,70,86)(H,71,84)(H,77,78)(H,89,90)/t32-,33+,38-,39-,40-,41-,42-,43-,44-,45-,46-,48-/m0/s1. The van der Waals surface area contributed by atoms with Crippen LogP contribution in [0.2, 0.25) is 0 Å². The monoisotopic (exact) mass is 1300 g/mol. The topological polar surface area (TPSA) is 516 Å². The molecule has 32 heteroatoms. The minimum Gasteiger partial charge on any atom is -0.508 e. The van der Waals surface area contributed by atoms with Crippen molar-refractivity contribution in [2.24, 2.45) is 23.1 Å². The van der Waals surface area contributed by atoms with Gasteiger partial charge in [0.25, 0.3) is 0 Å². The van der Waals surface area contributed by atoms with Crippen molar-refractivity contribution in [2.45, 2.75) is 184 Å². The van der Waals surface area contributed by atoms with Crippen molar-refractivity contribution < 1.29 is 88.2 Å². The summed E-state index contributed by atoms with van der Waals surface area (Å²) >= 11 is 4.11. The molecule has 12 atom stereocenters. The number of carboxylic acids is 2. The van der Waals surface area contributed by atoms with Crippen molar-refractivity contribution in [2.75, 3.05) is 32.0 Å². The second kappa shape index (κ2) is 39.2. The lowest BCUT2D eigenvalue weighted by Gasteiger charge is -2.30. The van der Waals surface area contributed by atoms with Crippen LogP contribution in [0.1, 0.15) is 109 Å². The normalized spacial score (nSPS) is 16.5. The molecular weight excluding hydrogens is 1210 g/mol. The molecule has 2 aromatic carbocycles. The van der Waals surface area contributed by atoms with Crippen molar-refractivity contribution in [1.82, 2.24) is 52.8 Å². The zero-order valence-electron chi connectivity index (χ0n) is 51.6. The zero-order chi connectivity index (χ0) is 68.1. The van der Waals surface area contributed by atoms with Gasteiger partial charge in [-0.15, -0.1) is 0 Å². The van der Waals surface area contributed by atoms with Gasteiger partial charge in [-0.1, -0.05) is 38.1 Å². The number of likely N-dealkylation sites (tertiary alicyclic amines) is 1. The van der Waals surface area contributed by atoms with Gasteiger partial charge >= 0.3 is 11.9 Å². The molecule has 0 spiro atoms. The number of nitrogens with zero attached hydrogens (tertiary/aromatic N) is 1. The van der Waals surface area contributed by atoms with Crippen molar-refractivity contribution in [3.63, 3.8) is 0 Å². The van der Waals surface area contributed by atoms with E-state index in [2.05, 4.69) is 60.5 Å². The van der Waals surface area contributed by atoms with Crippen LogP contribution in [-0.4, -0.2) is 211 Å². The van der Waals surface area contributed by atoms with E-state index in [-0.39, 0.29) is 101 Å². The van der Waals surface area contributed by atoms with Gasteiger partial charge in [0.2, 0.25) is 59.1 Å². The third-order valence-electron chi connectivity index (χ3n) is 14.8. The number of aliphatic carboxylic acids is 2. The zero-order valence-corrected chi connectivity index (χ0v) is 52.5. The molecule has 0 aromatic heterocycles. The van der Waals surface area contributed by atoms with Gasteiger partial charge in [-0.3, -0.25) is 57.5 Å². The molecule has 0 saturated carbocycles. The maximum absolute atomic E-state index is 14.5. The summed E-state index contributed by atoms with van der Waals surface area (Å²) in [6, 6.07) is -4.61. The van der Waals surface area contributed by atoms with Crippen LogP contribution in [0.3, 0.4) is 0 Å². The maximum atomic E-state index is 14.5. The summed E-state index contributed by atoms with van der Waals surface area (Å²) < 4.78 is 0. The molecule has 1 fully saturated rings. The molecule has 10 amide bonds. The molecule has 0 unspecified atom stereocenters. The lowest BCUT2D eigenvalue weighted by atomic mass is 10.0. The Morgan fingerprint density at radius 1 is 0.560 bits per heavy atom. The van der Waals surface area contributed by atoms with Crippen molar-refractivity contribution in [3.8, 4) is 11.5 Å². The number of thiol groups is 1. The minimum absolute atomic E-state index is 0.00297. The number of phenolic OH excluding ortho intramolecular Hbond substituents is 2. The van der Waals surface area contributed by atoms with Crippen LogP contribution in [0.25, 0.3) is 0 Å². The molecule has 1 saturated heterocycles. The molecule has 31 nitrogen and oxygen atoms in total. The number of amides is 10. The van der Waals surface area contributed by atoms with Gasteiger partial charge in [0, 0.05) is 25.1 Å². The number of hydrogen-bond donors (Lipinski definition) is 19. The quantitative estimate of drug-likeness (QED) is 0.0224. The Balaban J connectivity index is 1.90. The fourth-order valence-corrected chi connectivity index (χ4v) is 9.89. The summed E-state index contributed by atoms with van der Waals surface area (Å²) in [7, 11) is 0. The van der Waals surface area contributed by atoms with Crippen LogP contribution in [0.15, 0.2) is 48.5 Å². The Morgan fingerprint density at radius 3 is 1.48 bits per heavy atom. The first-order valence-electron chi connectivity index (χ1n) is 30.1. The van der Waals surface area contributed by atoms with Crippen LogP contribution in [-0.2, 0) is 70.4 Å². The van der Waals surface area contributed by atoms with Gasteiger partial charge in [-0.25, -0.2) is 0 Å². The SMILES string of the molecule is CC(C)C[C@H](NC(=O)[C@@H](N)Cc1ccc(O)cc1)C(=O)N[C@H](C(=O)N[C@@H](CCC(=O)O)C(=O)N[C@@H](CCCCN)C(=O)N[C@@H](CCCCN)C(=O)N[C@@H](Cc1ccc(O)cc1)C(=O)N[C@@H](CO)C(=O)N1CCC[C@H]1C(=O)N[C@@H](CS)C(=O)N[C@@H](C)C(=O)O)[C@@H](C)O. The smallest absolute Gasteiger partial charge is 0.325 e. The second-order valence-electron chi connectivity index (χ2n) is 22.8. The van der Waals surface area contributed by atoms with Crippen LogP contribution in [0.4, 0.5) is 0 Å². The van der Waals surface area contributed by atoms with Gasteiger partial charge in [0.15, 0.2) is 0 Å². The van der Waals surface area contributed by atoms with Gasteiger partial charge in [-0.05, 0) is 139 Å². The number of carbonyl (C=O) groups excluding carboxylic acids is 10. The maximum Gasteiger partial charge on any atom is 0.325 e. The summed E-state index contributed by atoms with van der Waals surface area (Å²) in [6.45, 7) is 5.18. The van der Waals surface area contributed by atoms with Crippen LogP contribution in [0.5, 0.6) is 11.5 Å². The van der Waals surface area contributed by atoms with E-state index in [0.29, 0.717) is 24.0 Å². The van der Waals surface area contributed by atoms with E-state index < -0.39 is 163 Å². The number of hydrogen-bond acceptors (Lipinski definition) is 20. The first-order valence-corrected chi connectivity index (χ1v) is 30.8. The fourth-order valence-electron chi connectivity index (χ4n) is 9.63. The molecule has 0 aliphatic carbocycles. The van der Waals surface area contributed by atoms with Gasteiger partial charge in [0.1, 0.15) is 71.9 Å². The molecule has 91 heavy (non-hydrogen) atoms. The average Bonchev–Trinajstić information content (AvgIpc) is 2.25. The summed E-state index contributed by atoms with van der Waals surface area (Å²) in [5.41, 5.74) is 18.7. The molecule has 0 bridgehead atoms. The fraction of sp³-hybridized carbons (Fsp3) is 0.593. The Hall–Kier alpha value is -8.17. The van der Waals surface area contributed by atoms with E-state index in [1.807, 2.05) is 0 Å². The highest BCUT2D eigenvalue weighted by Gasteiger charge is 2.41. The number of aliphatic hydroxyl groups excluding tert-OH is 2. The Morgan fingerprint density at radius 2 is 1.01 bits per heavy atom. The number of aliphatic hydroxyl groups is 2. The van der Waals surface area contributed by atoms with Gasteiger partial charge in [-0.2, -0.15) is 12.6 Å². The average molecular weight is 1300 g/mol. The van der Waals surface area contributed by atoms with E-state index in [1.54, 1.807) is 26.0 Å². The summed E-state index contributed by atoms with van der Waals surface area (Å²) in [5.74, 6) is -12.7. The first-order chi connectivity index (χ1) is 43.0. The Labute approximate surface area is 532 Å². The Bertz CT molecular complexity index is 2780. The number of carbonyl (C=O) groups is 12. The van der Waals surface area contributed by atoms with Crippen molar-refractivity contribution in [1.29, 1.82) is 0 Å².